The van der Waals surface area contributed by atoms with E-state index in [9.17, 15) is 13.2 Å². The van der Waals surface area contributed by atoms with Crippen LogP contribution in [0.5, 0.6) is 0 Å². The number of anilines is 1. The van der Waals surface area contributed by atoms with Gasteiger partial charge in [-0.25, -0.2) is 8.42 Å². The molecular formula is C24H21NO4S. The SMILES string of the molecule is Cc1ccc(S(=O)(=O)N(C(=O)c2cc3ccccc3o2)c2cccc(C)c2C)cc1. The van der Waals surface area contributed by atoms with E-state index >= 15 is 0 Å². The van der Waals surface area contributed by atoms with Crippen LogP contribution in [0.1, 0.15) is 27.2 Å². The van der Waals surface area contributed by atoms with Gasteiger partial charge in [-0.05, 0) is 62.2 Å². The van der Waals surface area contributed by atoms with Crippen LogP contribution in [0.15, 0.2) is 82.1 Å². The Morgan fingerprint density at radius 3 is 2.27 bits per heavy atom. The molecule has 0 fully saturated rings. The van der Waals surface area contributed by atoms with Gasteiger partial charge in [0.1, 0.15) is 5.58 Å². The van der Waals surface area contributed by atoms with Gasteiger partial charge in [0.2, 0.25) is 0 Å². The highest BCUT2D eigenvalue weighted by Gasteiger charge is 2.34. The summed E-state index contributed by atoms with van der Waals surface area (Å²) in [5, 5.41) is 0.731. The third-order valence-electron chi connectivity index (χ3n) is 5.17. The summed E-state index contributed by atoms with van der Waals surface area (Å²) in [5.41, 5.74) is 3.35. The molecule has 1 amide bonds. The van der Waals surface area contributed by atoms with Gasteiger partial charge in [0.25, 0.3) is 10.0 Å². The molecule has 3 aromatic carbocycles. The zero-order chi connectivity index (χ0) is 21.5. The summed E-state index contributed by atoms with van der Waals surface area (Å²) in [6.07, 6.45) is 0. The fourth-order valence-corrected chi connectivity index (χ4v) is 4.76. The van der Waals surface area contributed by atoms with Crippen LogP contribution in [0, 0.1) is 20.8 Å². The van der Waals surface area contributed by atoms with Crippen molar-refractivity contribution in [3.05, 3.63) is 95.2 Å². The number of hydrogen-bond acceptors (Lipinski definition) is 4. The van der Waals surface area contributed by atoms with Crippen molar-refractivity contribution in [2.24, 2.45) is 0 Å². The van der Waals surface area contributed by atoms with Gasteiger partial charge in [0, 0.05) is 5.39 Å². The van der Waals surface area contributed by atoms with Crippen LogP contribution >= 0.6 is 0 Å². The van der Waals surface area contributed by atoms with Crippen LogP contribution < -0.4 is 4.31 Å². The number of fused-ring (bicyclic) bond motifs is 1. The van der Waals surface area contributed by atoms with E-state index in [1.807, 2.05) is 32.0 Å². The Labute approximate surface area is 175 Å². The smallest absolute Gasteiger partial charge is 0.308 e. The summed E-state index contributed by atoms with van der Waals surface area (Å²) < 4.78 is 33.7. The molecule has 6 heteroatoms. The van der Waals surface area contributed by atoms with Gasteiger partial charge in [0.05, 0.1) is 10.6 Å². The van der Waals surface area contributed by atoms with Gasteiger partial charge < -0.3 is 4.42 Å². The fourth-order valence-electron chi connectivity index (χ4n) is 3.31. The van der Waals surface area contributed by atoms with E-state index in [4.69, 9.17) is 4.42 Å². The van der Waals surface area contributed by atoms with Crippen LogP contribution in [-0.4, -0.2) is 14.3 Å². The molecule has 0 spiro atoms. The molecule has 30 heavy (non-hydrogen) atoms. The lowest BCUT2D eigenvalue weighted by Crippen LogP contribution is -2.37. The lowest BCUT2D eigenvalue weighted by Gasteiger charge is -2.24. The molecule has 1 heterocycles. The van der Waals surface area contributed by atoms with Crippen LogP contribution in [0.25, 0.3) is 11.0 Å². The van der Waals surface area contributed by atoms with Gasteiger partial charge >= 0.3 is 5.91 Å². The molecule has 152 valence electrons. The molecule has 4 aromatic rings. The normalized spacial score (nSPS) is 11.6. The standard InChI is InChI=1S/C24H21NO4S/c1-16-11-13-20(14-12-16)30(27,28)25(21-9-6-7-17(2)18(21)3)24(26)23-15-19-8-4-5-10-22(19)29-23/h4-15H,1-3H3. The second-order valence-electron chi connectivity index (χ2n) is 7.26. The van der Waals surface area contributed by atoms with E-state index in [0.29, 0.717) is 16.8 Å². The van der Waals surface area contributed by atoms with Crippen molar-refractivity contribution in [3.8, 4) is 0 Å². The number of nitrogens with zero attached hydrogens (tertiary/aromatic N) is 1. The number of carbonyl (C=O) groups excluding carboxylic acids is 1. The third kappa shape index (κ3) is 3.39. The summed E-state index contributed by atoms with van der Waals surface area (Å²) in [6.45, 7) is 5.55. The molecule has 4 rings (SSSR count). The Bertz CT molecular complexity index is 1320. The highest BCUT2D eigenvalue weighted by molar-refractivity contribution is 7.93. The lowest BCUT2D eigenvalue weighted by atomic mass is 10.1. The zero-order valence-corrected chi connectivity index (χ0v) is 17.7. The molecule has 0 aliphatic carbocycles. The number of hydrogen-bond donors (Lipinski definition) is 0. The molecular weight excluding hydrogens is 398 g/mol. The first-order valence-corrected chi connectivity index (χ1v) is 10.9. The van der Waals surface area contributed by atoms with Crippen LogP contribution in [0.2, 0.25) is 0 Å². The molecule has 0 aliphatic rings. The van der Waals surface area contributed by atoms with E-state index in [1.165, 1.54) is 12.1 Å². The Hall–Kier alpha value is -3.38. The summed E-state index contributed by atoms with van der Waals surface area (Å²) >= 11 is 0. The number of carbonyl (C=O) groups is 1. The Kier molecular flexibility index (Phi) is 4.95. The summed E-state index contributed by atoms with van der Waals surface area (Å²) in [4.78, 5) is 13.6. The Morgan fingerprint density at radius 1 is 0.867 bits per heavy atom. The summed E-state index contributed by atoms with van der Waals surface area (Å²) in [7, 11) is -4.17. The van der Waals surface area contributed by atoms with Crippen molar-refractivity contribution >= 4 is 32.6 Å². The van der Waals surface area contributed by atoms with E-state index in [1.54, 1.807) is 49.4 Å². The second kappa shape index (κ2) is 7.46. The predicted molar refractivity (Wildman–Crippen MR) is 117 cm³/mol. The molecule has 0 saturated heterocycles. The van der Waals surface area contributed by atoms with Crippen LogP contribution in [0.4, 0.5) is 5.69 Å². The lowest BCUT2D eigenvalue weighted by molar-refractivity contribution is 0.0981. The van der Waals surface area contributed by atoms with Crippen molar-refractivity contribution < 1.29 is 17.6 Å². The summed E-state index contributed by atoms with van der Waals surface area (Å²) in [5.74, 6) is -0.770. The van der Waals surface area contributed by atoms with Crippen molar-refractivity contribution in [1.29, 1.82) is 0 Å². The van der Waals surface area contributed by atoms with Gasteiger partial charge in [-0.2, -0.15) is 4.31 Å². The molecule has 0 unspecified atom stereocenters. The first-order chi connectivity index (χ1) is 14.3. The van der Waals surface area contributed by atoms with E-state index in [0.717, 1.165) is 20.8 Å². The molecule has 0 saturated carbocycles. The van der Waals surface area contributed by atoms with Crippen molar-refractivity contribution in [2.75, 3.05) is 4.31 Å². The summed E-state index contributed by atoms with van der Waals surface area (Å²) in [6, 6.07) is 20.4. The molecule has 0 radical (unpaired) electrons. The Morgan fingerprint density at radius 2 is 1.57 bits per heavy atom. The average Bonchev–Trinajstić information content (AvgIpc) is 3.16. The number of furan rings is 1. The number of rotatable bonds is 4. The number of para-hydroxylation sites is 1. The number of amides is 1. The maximum Gasteiger partial charge on any atom is 0.308 e. The second-order valence-corrected chi connectivity index (χ2v) is 9.04. The van der Waals surface area contributed by atoms with Crippen LogP contribution in [-0.2, 0) is 10.0 Å². The minimum Gasteiger partial charge on any atom is -0.451 e. The van der Waals surface area contributed by atoms with Gasteiger partial charge in [0.15, 0.2) is 5.76 Å². The number of sulfonamides is 1. The highest BCUT2D eigenvalue weighted by atomic mass is 32.2. The average molecular weight is 420 g/mol. The topological polar surface area (TPSA) is 67.6 Å². The molecule has 1 aromatic heterocycles. The van der Waals surface area contributed by atoms with Crippen molar-refractivity contribution in [3.63, 3.8) is 0 Å². The van der Waals surface area contributed by atoms with E-state index in [-0.39, 0.29) is 10.7 Å². The molecule has 0 atom stereocenters. The molecule has 5 nitrogen and oxygen atoms in total. The maximum absolute atomic E-state index is 13.6. The van der Waals surface area contributed by atoms with E-state index in [2.05, 4.69) is 0 Å². The quantitative estimate of drug-likeness (QED) is 0.445. The number of benzene rings is 3. The largest absolute Gasteiger partial charge is 0.451 e. The minimum atomic E-state index is -4.17. The zero-order valence-electron chi connectivity index (χ0n) is 16.9. The first kappa shape index (κ1) is 19.9. The van der Waals surface area contributed by atoms with Crippen LogP contribution in [0.3, 0.4) is 0 Å². The highest BCUT2D eigenvalue weighted by Crippen LogP contribution is 2.31. The monoisotopic (exact) mass is 419 g/mol. The van der Waals surface area contributed by atoms with Gasteiger partial charge in [-0.3, -0.25) is 4.79 Å². The van der Waals surface area contributed by atoms with Gasteiger partial charge in [-0.15, -0.1) is 0 Å². The fraction of sp³-hybridized carbons (Fsp3) is 0.125. The van der Waals surface area contributed by atoms with Gasteiger partial charge in [-0.1, -0.05) is 48.0 Å². The van der Waals surface area contributed by atoms with E-state index < -0.39 is 15.9 Å². The molecule has 0 aliphatic heterocycles. The first-order valence-electron chi connectivity index (χ1n) is 9.50. The number of aryl methyl sites for hydroxylation is 2. The molecule has 0 bridgehead atoms. The predicted octanol–water partition coefficient (Wildman–Crippen LogP) is 5.39. The minimum absolute atomic E-state index is 0.0345. The Balaban J connectivity index is 1.92. The maximum atomic E-state index is 13.6. The van der Waals surface area contributed by atoms with Crippen molar-refractivity contribution in [1.82, 2.24) is 0 Å². The molecule has 0 N–H and O–H groups in total. The van der Waals surface area contributed by atoms with Crippen molar-refractivity contribution in [2.45, 2.75) is 25.7 Å². The third-order valence-corrected chi connectivity index (χ3v) is 6.89.